The van der Waals surface area contributed by atoms with Gasteiger partial charge in [0.25, 0.3) is 0 Å². The molecule has 3 heteroatoms. The van der Waals surface area contributed by atoms with Crippen molar-refractivity contribution in [3.8, 4) is 0 Å². The largest absolute Gasteiger partial charge is 0.388 e. The number of halogens is 1. The number of hydrogen-bond donors (Lipinski definition) is 1. The molecule has 1 atom stereocenters. The van der Waals surface area contributed by atoms with E-state index in [1.807, 2.05) is 14.0 Å². The van der Waals surface area contributed by atoms with Crippen LogP contribution in [0.3, 0.4) is 0 Å². The molecule has 1 aliphatic rings. The molecule has 0 saturated carbocycles. The van der Waals surface area contributed by atoms with Gasteiger partial charge in [-0.25, -0.2) is 4.39 Å². The Morgan fingerprint density at radius 3 is 2.81 bits per heavy atom. The van der Waals surface area contributed by atoms with Crippen LogP contribution in [0.15, 0.2) is 18.2 Å². The van der Waals surface area contributed by atoms with Gasteiger partial charge in [-0.3, -0.25) is 0 Å². The van der Waals surface area contributed by atoms with Crippen LogP contribution in [0.2, 0.25) is 0 Å². The maximum atomic E-state index is 12.9. The first-order valence-electron chi connectivity index (χ1n) is 5.64. The second kappa shape index (κ2) is 4.15. The predicted molar refractivity (Wildman–Crippen MR) is 61.9 cm³/mol. The molecule has 1 N–H and O–H groups in total. The third-order valence-corrected chi connectivity index (χ3v) is 3.35. The molecular formula is C13H18FNO. The Morgan fingerprint density at radius 1 is 1.50 bits per heavy atom. The number of likely N-dealkylation sites (tertiary alicyclic amines) is 1. The summed E-state index contributed by atoms with van der Waals surface area (Å²) in [6.45, 7) is 3.51. The van der Waals surface area contributed by atoms with Gasteiger partial charge in [0.15, 0.2) is 0 Å². The standard InChI is InChI=1S/C13H18FNO/c1-10-7-12(14)4-3-11(10)8-13(16)5-6-15(2)9-13/h3-4,7,16H,5-6,8-9H2,1-2H3. The van der Waals surface area contributed by atoms with Crippen LogP contribution in [0.5, 0.6) is 0 Å². The first-order chi connectivity index (χ1) is 7.48. The Bertz CT molecular complexity index is 394. The fraction of sp³-hybridized carbons (Fsp3) is 0.538. The zero-order chi connectivity index (χ0) is 11.8. The third kappa shape index (κ3) is 2.42. The van der Waals surface area contributed by atoms with Crippen LogP contribution in [-0.2, 0) is 6.42 Å². The molecule has 2 rings (SSSR count). The number of β-amino-alcohol motifs (C(OH)–C–C–N with tert-alkyl or cyclic N) is 1. The number of hydrogen-bond acceptors (Lipinski definition) is 2. The normalized spacial score (nSPS) is 26.2. The van der Waals surface area contributed by atoms with Crippen molar-refractivity contribution in [1.82, 2.24) is 4.90 Å². The van der Waals surface area contributed by atoms with E-state index in [2.05, 4.69) is 4.90 Å². The number of likely N-dealkylation sites (N-methyl/N-ethyl adjacent to an activating group) is 1. The molecule has 1 unspecified atom stereocenters. The van der Waals surface area contributed by atoms with E-state index in [1.54, 1.807) is 6.07 Å². The second-order valence-corrected chi connectivity index (χ2v) is 4.96. The predicted octanol–water partition coefficient (Wildman–Crippen LogP) is 1.74. The van der Waals surface area contributed by atoms with Crippen LogP contribution in [-0.4, -0.2) is 35.7 Å². The molecule has 1 saturated heterocycles. The van der Waals surface area contributed by atoms with Gasteiger partial charge in [0, 0.05) is 19.5 Å². The van der Waals surface area contributed by atoms with Crippen LogP contribution in [0.1, 0.15) is 17.5 Å². The summed E-state index contributed by atoms with van der Waals surface area (Å²) in [5, 5.41) is 10.4. The Balaban J connectivity index is 2.14. The topological polar surface area (TPSA) is 23.5 Å². The Kier molecular flexibility index (Phi) is 3.00. The fourth-order valence-corrected chi connectivity index (χ4v) is 2.42. The molecule has 16 heavy (non-hydrogen) atoms. The molecule has 0 bridgehead atoms. The van der Waals surface area contributed by atoms with Crippen molar-refractivity contribution >= 4 is 0 Å². The number of aliphatic hydroxyl groups is 1. The molecule has 1 heterocycles. The molecule has 0 radical (unpaired) electrons. The molecule has 0 aliphatic carbocycles. The summed E-state index contributed by atoms with van der Waals surface area (Å²) >= 11 is 0. The zero-order valence-corrected chi connectivity index (χ0v) is 9.83. The Labute approximate surface area is 95.7 Å². The van der Waals surface area contributed by atoms with Gasteiger partial charge >= 0.3 is 0 Å². The first kappa shape index (κ1) is 11.6. The van der Waals surface area contributed by atoms with Crippen LogP contribution < -0.4 is 0 Å². The SMILES string of the molecule is Cc1cc(F)ccc1CC1(O)CCN(C)C1. The van der Waals surface area contributed by atoms with Crippen LogP contribution in [0.25, 0.3) is 0 Å². The number of aryl methyl sites for hydroxylation is 1. The minimum atomic E-state index is -0.642. The van der Waals surface area contributed by atoms with E-state index < -0.39 is 5.60 Å². The van der Waals surface area contributed by atoms with Gasteiger partial charge in [-0.2, -0.15) is 0 Å². The average molecular weight is 223 g/mol. The van der Waals surface area contributed by atoms with Crippen molar-refractivity contribution in [1.29, 1.82) is 0 Å². The lowest BCUT2D eigenvalue weighted by Crippen LogP contribution is -2.34. The van der Waals surface area contributed by atoms with E-state index in [1.165, 1.54) is 12.1 Å². The number of nitrogens with zero attached hydrogens (tertiary/aromatic N) is 1. The van der Waals surface area contributed by atoms with Crippen LogP contribution in [0.4, 0.5) is 4.39 Å². The van der Waals surface area contributed by atoms with Gasteiger partial charge in [-0.1, -0.05) is 6.07 Å². The van der Waals surface area contributed by atoms with Gasteiger partial charge in [0.2, 0.25) is 0 Å². The molecule has 0 amide bonds. The Morgan fingerprint density at radius 2 is 2.25 bits per heavy atom. The van der Waals surface area contributed by atoms with E-state index >= 15 is 0 Å². The van der Waals surface area contributed by atoms with Crippen LogP contribution in [0, 0.1) is 12.7 Å². The molecule has 0 aromatic heterocycles. The molecule has 2 nitrogen and oxygen atoms in total. The summed E-state index contributed by atoms with van der Waals surface area (Å²) in [7, 11) is 2.01. The fourth-order valence-electron chi connectivity index (χ4n) is 2.42. The highest BCUT2D eigenvalue weighted by Gasteiger charge is 2.34. The summed E-state index contributed by atoms with van der Waals surface area (Å²) in [5.74, 6) is -0.211. The smallest absolute Gasteiger partial charge is 0.123 e. The second-order valence-electron chi connectivity index (χ2n) is 4.96. The van der Waals surface area contributed by atoms with Crippen molar-refractivity contribution in [2.75, 3.05) is 20.1 Å². The summed E-state index contributed by atoms with van der Waals surface area (Å²) in [6.07, 6.45) is 1.41. The van der Waals surface area contributed by atoms with E-state index in [0.717, 1.165) is 24.1 Å². The van der Waals surface area contributed by atoms with Crippen molar-refractivity contribution < 1.29 is 9.50 Å². The lowest BCUT2D eigenvalue weighted by molar-refractivity contribution is 0.0522. The number of rotatable bonds is 2. The minimum absolute atomic E-state index is 0.211. The van der Waals surface area contributed by atoms with E-state index in [9.17, 15) is 9.50 Å². The highest BCUT2D eigenvalue weighted by molar-refractivity contribution is 5.28. The van der Waals surface area contributed by atoms with E-state index in [4.69, 9.17) is 0 Å². The minimum Gasteiger partial charge on any atom is -0.388 e. The van der Waals surface area contributed by atoms with Crippen molar-refractivity contribution in [3.63, 3.8) is 0 Å². The molecule has 1 aliphatic heterocycles. The zero-order valence-electron chi connectivity index (χ0n) is 9.83. The van der Waals surface area contributed by atoms with Gasteiger partial charge in [-0.05, 0) is 43.7 Å². The molecular weight excluding hydrogens is 205 g/mol. The monoisotopic (exact) mass is 223 g/mol. The van der Waals surface area contributed by atoms with Gasteiger partial charge in [0.05, 0.1) is 5.60 Å². The summed E-state index contributed by atoms with van der Waals surface area (Å²) in [4.78, 5) is 2.12. The van der Waals surface area contributed by atoms with Gasteiger partial charge in [-0.15, -0.1) is 0 Å². The molecule has 1 fully saturated rings. The highest BCUT2D eigenvalue weighted by Crippen LogP contribution is 2.26. The van der Waals surface area contributed by atoms with Gasteiger partial charge < -0.3 is 10.0 Å². The number of benzene rings is 1. The molecule has 88 valence electrons. The molecule has 1 aromatic carbocycles. The van der Waals surface area contributed by atoms with Crippen molar-refractivity contribution in [2.24, 2.45) is 0 Å². The Hall–Kier alpha value is -0.930. The maximum Gasteiger partial charge on any atom is 0.123 e. The highest BCUT2D eigenvalue weighted by atomic mass is 19.1. The van der Waals surface area contributed by atoms with Crippen molar-refractivity contribution in [2.45, 2.75) is 25.4 Å². The van der Waals surface area contributed by atoms with Crippen molar-refractivity contribution in [3.05, 3.63) is 35.1 Å². The molecule has 1 aromatic rings. The first-order valence-corrected chi connectivity index (χ1v) is 5.64. The lowest BCUT2D eigenvalue weighted by Gasteiger charge is -2.23. The van der Waals surface area contributed by atoms with E-state index in [-0.39, 0.29) is 5.82 Å². The summed E-state index contributed by atoms with van der Waals surface area (Å²) < 4.78 is 12.9. The quantitative estimate of drug-likeness (QED) is 0.825. The lowest BCUT2D eigenvalue weighted by atomic mass is 9.91. The maximum absolute atomic E-state index is 12.9. The van der Waals surface area contributed by atoms with Crippen LogP contribution >= 0.6 is 0 Å². The molecule has 0 spiro atoms. The summed E-state index contributed by atoms with van der Waals surface area (Å²) in [6, 6.07) is 4.77. The summed E-state index contributed by atoms with van der Waals surface area (Å²) in [5.41, 5.74) is 1.32. The average Bonchev–Trinajstić information content (AvgIpc) is 2.52. The van der Waals surface area contributed by atoms with E-state index in [0.29, 0.717) is 13.0 Å². The third-order valence-electron chi connectivity index (χ3n) is 3.35. The van der Waals surface area contributed by atoms with Gasteiger partial charge in [0.1, 0.15) is 5.82 Å².